The third-order valence-electron chi connectivity index (χ3n) is 3.73. The lowest BCUT2D eigenvalue weighted by molar-refractivity contribution is -0.123. The van der Waals surface area contributed by atoms with Crippen molar-refractivity contribution in [2.45, 2.75) is 37.5 Å². The fourth-order valence-corrected chi connectivity index (χ4v) is 2.39. The van der Waals surface area contributed by atoms with Crippen LogP contribution in [0.4, 0.5) is 0 Å². The largest absolute Gasteiger partial charge is 0.389 e. The van der Waals surface area contributed by atoms with Gasteiger partial charge >= 0.3 is 0 Å². The Hall–Kier alpha value is -1.16. The molecule has 1 saturated heterocycles. The van der Waals surface area contributed by atoms with Crippen molar-refractivity contribution in [1.82, 2.24) is 10.2 Å². The summed E-state index contributed by atoms with van der Waals surface area (Å²) in [5.41, 5.74) is -0.784. The van der Waals surface area contributed by atoms with Gasteiger partial charge in [0.25, 0.3) is 0 Å². The molecule has 0 bridgehead atoms. The van der Waals surface area contributed by atoms with Gasteiger partial charge < -0.3 is 15.5 Å². The molecule has 100 valence electrons. The third kappa shape index (κ3) is 2.80. The van der Waals surface area contributed by atoms with E-state index < -0.39 is 17.7 Å². The first-order valence-electron chi connectivity index (χ1n) is 6.25. The number of nitrogens with zero attached hydrogens (tertiary/aromatic N) is 2. The average Bonchev–Trinajstić information content (AvgIpc) is 3.08. The molecule has 2 fully saturated rings. The van der Waals surface area contributed by atoms with Gasteiger partial charge in [0.15, 0.2) is 0 Å². The molecule has 18 heavy (non-hydrogen) atoms. The van der Waals surface area contributed by atoms with E-state index in [0.717, 1.165) is 12.8 Å². The Kier molecular flexibility index (Phi) is 3.57. The van der Waals surface area contributed by atoms with Crippen LogP contribution in [0.25, 0.3) is 0 Å². The molecule has 0 spiro atoms. The summed E-state index contributed by atoms with van der Waals surface area (Å²) in [4.78, 5) is 13.5. The molecular formula is C12H19N3O3. The Labute approximate surface area is 106 Å². The maximum absolute atomic E-state index is 11.9. The number of carbonyl (C=O) groups is 1. The summed E-state index contributed by atoms with van der Waals surface area (Å²) < 4.78 is 0. The quantitative estimate of drug-likeness (QED) is 0.587. The minimum atomic E-state index is -0.788. The number of aliphatic hydroxyl groups is 2. The van der Waals surface area contributed by atoms with Crippen molar-refractivity contribution in [2.75, 3.05) is 19.6 Å². The van der Waals surface area contributed by atoms with E-state index >= 15 is 0 Å². The minimum Gasteiger partial charge on any atom is -0.389 e. The molecule has 1 amide bonds. The second-order valence-electron chi connectivity index (χ2n) is 5.47. The van der Waals surface area contributed by atoms with Crippen molar-refractivity contribution < 1.29 is 15.0 Å². The second kappa shape index (κ2) is 4.84. The number of rotatable bonds is 4. The van der Waals surface area contributed by atoms with Crippen LogP contribution in [-0.4, -0.2) is 58.4 Å². The van der Waals surface area contributed by atoms with E-state index in [4.69, 9.17) is 5.26 Å². The van der Waals surface area contributed by atoms with Gasteiger partial charge in [-0.15, -0.1) is 0 Å². The maximum atomic E-state index is 11.9. The molecular weight excluding hydrogens is 234 g/mol. The predicted molar refractivity (Wildman–Crippen MR) is 63.3 cm³/mol. The molecule has 2 rings (SSSR count). The minimum absolute atomic E-state index is 0.109. The van der Waals surface area contributed by atoms with Crippen LogP contribution in [0.3, 0.4) is 0 Å². The Morgan fingerprint density at radius 2 is 2.00 bits per heavy atom. The summed E-state index contributed by atoms with van der Waals surface area (Å²) in [6.07, 6.45) is 0.379. The molecule has 1 saturated carbocycles. The van der Waals surface area contributed by atoms with Crippen molar-refractivity contribution in [3.8, 4) is 6.07 Å². The summed E-state index contributed by atoms with van der Waals surface area (Å²) in [6, 6.07) is 2.16. The average molecular weight is 253 g/mol. The maximum Gasteiger partial charge on any atom is 0.235 e. The summed E-state index contributed by atoms with van der Waals surface area (Å²) in [5.74, 6) is 0.0217. The number of likely N-dealkylation sites (tertiary alicyclic amines) is 1. The van der Waals surface area contributed by atoms with Gasteiger partial charge in [0, 0.05) is 13.1 Å². The van der Waals surface area contributed by atoms with Crippen molar-refractivity contribution in [3.63, 3.8) is 0 Å². The van der Waals surface area contributed by atoms with Crippen LogP contribution in [0.15, 0.2) is 0 Å². The molecule has 3 N–H and O–H groups in total. The number of amides is 1. The predicted octanol–water partition coefficient (Wildman–Crippen LogP) is -1.17. The Morgan fingerprint density at radius 3 is 2.44 bits per heavy atom. The molecule has 3 unspecified atom stereocenters. The van der Waals surface area contributed by atoms with E-state index in [-0.39, 0.29) is 18.4 Å². The smallest absolute Gasteiger partial charge is 0.235 e. The number of aliphatic hydroxyl groups excluding tert-OH is 2. The van der Waals surface area contributed by atoms with Crippen LogP contribution in [-0.2, 0) is 4.79 Å². The van der Waals surface area contributed by atoms with E-state index in [9.17, 15) is 15.0 Å². The van der Waals surface area contributed by atoms with Crippen molar-refractivity contribution in [3.05, 3.63) is 0 Å². The Morgan fingerprint density at radius 1 is 1.44 bits per heavy atom. The van der Waals surface area contributed by atoms with Crippen LogP contribution in [0.5, 0.6) is 0 Å². The summed E-state index contributed by atoms with van der Waals surface area (Å²) in [6.45, 7) is 2.44. The van der Waals surface area contributed by atoms with Gasteiger partial charge in [-0.05, 0) is 25.7 Å². The summed E-state index contributed by atoms with van der Waals surface area (Å²) >= 11 is 0. The molecule has 6 nitrogen and oxygen atoms in total. The Bertz CT molecular complexity index is 367. The van der Waals surface area contributed by atoms with Crippen LogP contribution < -0.4 is 5.32 Å². The van der Waals surface area contributed by atoms with E-state index in [2.05, 4.69) is 11.4 Å². The first kappa shape index (κ1) is 13.3. The van der Waals surface area contributed by atoms with Gasteiger partial charge in [-0.25, -0.2) is 0 Å². The molecule has 2 aliphatic rings. The fraction of sp³-hybridized carbons (Fsp3) is 0.833. The van der Waals surface area contributed by atoms with Crippen LogP contribution in [0.2, 0.25) is 0 Å². The lowest BCUT2D eigenvalue weighted by atomic mass is 9.98. The summed E-state index contributed by atoms with van der Waals surface area (Å²) in [5, 5.41) is 30.7. The van der Waals surface area contributed by atoms with Gasteiger partial charge in [-0.3, -0.25) is 9.69 Å². The standard InChI is InChI=1S/C12H19N3O3/c1-12(7-13,8-2-3-8)14-11(18)6-15-4-9(16)10(17)5-15/h8-10,16-17H,2-6H2,1H3,(H,14,18). The van der Waals surface area contributed by atoms with Crippen molar-refractivity contribution in [1.29, 1.82) is 5.26 Å². The van der Waals surface area contributed by atoms with Crippen LogP contribution in [0, 0.1) is 17.2 Å². The SMILES string of the molecule is CC(C#N)(NC(=O)CN1CC(O)C(O)C1)C1CC1. The van der Waals surface area contributed by atoms with Crippen LogP contribution >= 0.6 is 0 Å². The summed E-state index contributed by atoms with van der Waals surface area (Å²) in [7, 11) is 0. The number of nitrogens with one attached hydrogen (secondary N) is 1. The molecule has 0 aromatic rings. The third-order valence-corrected chi connectivity index (χ3v) is 3.73. The van der Waals surface area contributed by atoms with E-state index in [1.54, 1.807) is 11.8 Å². The first-order chi connectivity index (χ1) is 8.44. The van der Waals surface area contributed by atoms with E-state index in [0.29, 0.717) is 13.1 Å². The number of hydrogen-bond acceptors (Lipinski definition) is 5. The highest BCUT2D eigenvalue weighted by Gasteiger charge is 2.43. The van der Waals surface area contributed by atoms with Crippen LogP contribution in [0.1, 0.15) is 19.8 Å². The number of β-amino-alcohol motifs (C(OH)–C–C–N with tert-alkyl or cyclic N) is 2. The highest BCUT2D eigenvalue weighted by Crippen LogP contribution is 2.39. The van der Waals surface area contributed by atoms with Gasteiger partial charge in [0.05, 0.1) is 24.8 Å². The van der Waals surface area contributed by atoms with Crippen molar-refractivity contribution >= 4 is 5.91 Å². The number of hydrogen-bond donors (Lipinski definition) is 3. The zero-order valence-corrected chi connectivity index (χ0v) is 10.5. The number of carbonyl (C=O) groups excluding carboxylic acids is 1. The molecule has 0 aromatic heterocycles. The van der Waals surface area contributed by atoms with Gasteiger partial charge in [-0.2, -0.15) is 5.26 Å². The van der Waals surface area contributed by atoms with E-state index in [1.807, 2.05) is 0 Å². The molecule has 1 aliphatic carbocycles. The van der Waals surface area contributed by atoms with Gasteiger partial charge in [-0.1, -0.05) is 0 Å². The topological polar surface area (TPSA) is 96.6 Å². The first-order valence-corrected chi connectivity index (χ1v) is 6.25. The molecule has 0 radical (unpaired) electrons. The highest BCUT2D eigenvalue weighted by atomic mass is 16.3. The normalized spacial score (nSPS) is 31.7. The molecule has 1 aliphatic heterocycles. The highest BCUT2D eigenvalue weighted by molar-refractivity contribution is 5.79. The molecule has 0 aromatic carbocycles. The monoisotopic (exact) mass is 253 g/mol. The van der Waals surface area contributed by atoms with E-state index in [1.165, 1.54) is 0 Å². The lowest BCUT2D eigenvalue weighted by Gasteiger charge is -2.24. The zero-order chi connectivity index (χ0) is 13.3. The van der Waals surface area contributed by atoms with Gasteiger partial charge in [0.2, 0.25) is 5.91 Å². The second-order valence-corrected chi connectivity index (χ2v) is 5.47. The Balaban J connectivity index is 1.84. The lowest BCUT2D eigenvalue weighted by Crippen LogP contribution is -2.50. The fourth-order valence-electron chi connectivity index (χ4n) is 2.39. The molecule has 3 atom stereocenters. The number of nitriles is 1. The van der Waals surface area contributed by atoms with Gasteiger partial charge in [0.1, 0.15) is 5.54 Å². The molecule has 6 heteroatoms. The van der Waals surface area contributed by atoms with Crippen molar-refractivity contribution in [2.24, 2.45) is 5.92 Å². The molecule has 1 heterocycles. The zero-order valence-electron chi connectivity index (χ0n) is 10.5.